The Labute approximate surface area is 68.7 Å². The van der Waals surface area contributed by atoms with Crippen molar-refractivity contribution >= 4 is 0 Å². The zero-order valence-electron chi connectivity index (χ0n) is 7.25. The van der Waals surface area contributed by atoms with E-state index in [2.05, 4.69) is 13.5 Å². The quantitative estimate of drug-likeness (QED) is 0.613. The molecule has 0 aliphatic rings. The lowest BCUT2D eigenvalue weighted by atomic mass is 10.1. The summed E-state index contributed by atoms with van der Waals surface area (Å²) in [5, 5.41) is 9.20. The lowest BCUT2D eigenvalue weighted by Crippen LogP contribution is -2.01. The van der Waals surface area contributed by atoms with Gasteiger partial charge in [0, 0.05) is 0 Å². The SMILES string of the molecule is C=C/C=C(\C=C/CC)C(C)O. The van der Waals surface area contributed by atoms with E-state index in [1.165, 1.54) is 0 Å². The first-order valence-electron chi connectivity index (χ1n) is 3.89. The minimum absolute atomic E-state index is 0.407. The minimum Gasteiger partial charge on any atom is -0.389 e. The predicted octanol–water partition coefficient (Wildman–Crippen LogP) is 2.45. The van der Waals surface area contributed by atoms with Gasteiger partial charge in [0.2, 0.25) is 0 Å². The van der Waals surface area contributed by atoms with Crippen LogP contribution in [0.25, 0.3) is 0 Å². The van der Waals surface area contributed by atoms with Crippen LogP contribution in [0.15, 0.2) is 36.5 Å². The lowest BCUT2D eigenvalue weighted by Gasteiger charge is -2.03. The number of aliphatic hydroxyl groups excluding tert-OH is 1. The molecule has 0 heterocycles. The summed E-state index contributed by atoms with van der Waals surface area (Å²) in [6, 6.07) is 0. The van der Waals surface area contributed by atoms with E-state index in [1.807, 2.05) is 18.2 Å². The van der Waals surface area contributed by atoms with Crippen LogP contribution >= 0.6 is 0 Å². The van der Waals surface area contributed by atoms with E-state index in [0.29, 0.717) is 0 Å². The molecule has 0 bridgehead atoms. The fourth-order valence-corrected chi connectivity index (χ4v) is 0.724. The molecule has 0 saturated heterocycles. The zero-order chi connectivity index (χ0) is 8.69. The maximum atomic E-state index is 9.20. The van der Waals surface area contributed by atoms with Crippen LogP contribution in [0.1, 0.15) is 20.3 Å². The largest absolute Gasteiger partial charge is 0.389 e. The van der Waals surface area contributed by atoms with Crippen molar-refractivity contribution in [3.63, 3.8) is 0 Å². The van der Waals surface area contributed by atoms with Gasteiger partial charge in [0.1, 0.15) is 0 Å². The Bertz CT molecular complexity index is 164. The van der Waals surface area contributed by atoms with Crippen LogP contribution in [0, 0.1) is 0 Å². The number of rotatable bonds is 4. The van der Waals surface area contributed by atoms with Crippen molar-refractivity contribution in [1.29, 1.82) is 0 Å². The third kappa shape index (κ3) is 4.57. The van der Waals surface area contributed by atoms with Gasteiger partial charge in [0.15, 0.2) is 0 Å². The monoisotopic (exact) mass is 152 g/mol. The summed E-state index contributed by atoms with van der Waals surface area (Å²) in [6.45, 7) is 7.37. The van der Waals surface area contributed by atoms with Gasteiger partial charge < -0.3 is 5.11 Å². The molecule has 0 aliphatic heterocycles. The second kappa shape index (κ2) is 5.93. The molecule has 0 aromatic heterocycles. The Balaban J connectivity index is 4.22. The number of aliphatic hydroxyl groups is 1. The highest BCUT2D eigenvalue weighted by Gasteiger charge is 1.97. The first-order valence-corrected chi connectivity index (χ1v) is 3.89. The average Bonchev–Trinajstić information content (AvgIpc) is 1.97. The standard InChI is InChI=1S/C10H16O/c1-4-6-8-10(7-5-2)9(3)11/h5-9,11H,2,4H2,1,3H3/b8-6-,10-7+. The molecule has 0 aliphatic carbocycles. The van der Waals surface area contributed by atoms with Crippen molar-refractivity contribution in [2.45, 2.75) is 26.4 Å². The van der Waals surface area contributed by atoms with Crippen LogP contribution < -0.4 is 0 Å². The van der Waals surface area contributed by atoms with E-state index in [9.17, 15) is 5.11 Å². The van der Waals surface area contributed by atoms with Crippen LogP contribution in [0.5, 0.6) is 0 Å². The Kier molecular flexibility index (Phi) is 5.49. The van der Waals surface area contributed by atoms with Crippen molar-refractivity contribution in [1.82, 2.24) is 0 Å². The molecule has 62 valence electrons. The van der Waals surface area contributed by atoms with Crippen LogP contribution in [0.4, 0.5) is 0 Å². The molecule has 1 unspecified atom stereocenters. The highest BCUT2D eigenvalue weighted by atomic mass is 16.3. The molecule has 0 aromatic carbocycles. The molecule has 0 amide bonds. The van der Waals surface area contributed by atoms with Gasteiger partial charge in [-0.25, -0.2) is 0 Å². The molecule has 1 nitrogen and oxygen atoms in total. The van der Waals surface area contributed by atoms with E-state index >= 15 is 0 Å². The number of hydrogen-bond donors (Lipinski definition) is 1. The number of hydrogen-bond acceptors (Lipinski definition) is 1. The van der Waals surface area contributed by atoms with Gasteiger partial charge in [-0.1, -0.05) is 37.8 Å². The molecule has 11 heavy (non-hydrogen) atoms. The van der Waals surface area contributed by atoms with Crippen LogP contribution in [0.3, 0.4) is 0 Å². The van der Waals surface area contributed by atoms with E-state index in [0.717, 1.165) is 12.0 Å². The summed E-state index contributed by atoms with van der Waals surface area (Å²) in [4.78, 5) is 0. The lowest BCUT2D eigenvalue weighted by molar-refractivity contribution is 0.235. The average molecular weight is 152 g/mol. The van der Waals surface area contributed by atoms with Gasteiger partial charge in [0.25, 0.3) is 0 Å². The first kappa shape index (κ1) is 10.2. The van der Waals surface area contributed by atoms with Gasteiger partial charge in [-0.2, -0.15) is 0 Å². The van der Waals surface area contributed by atoms with Gasteiger partial charge in [-0.3, -0.25) is 0 Å². The van der Waals surface area contributed by atoms with Crippen LogP contribution in [0.2, 0.25) is 0 Å². The Hall–Kier alpha value is -0.820. The molecule has 0 rings (SSSR count). The molecule has 0 fully saturated rings. The van der Waals surface area contributed by atoms with E-state index in [4.69, 9.17) is 0 Å². The van der Waals surface area contributed by atoms with Crippen molar-refractivity contribution in [3.8, 4) is 0 Å². The zero-order valence-corrected chi connectivity index (χ0v) is 7.25. The Morgan fingerprint density at radius 3 is 2.64 bits per heavy atom. The predicted molar refractivity (Wildman–Crippen MR) is 49.4 cm³/mol. The molecule has 0 spiro atoms. The summed E-state index contributed by atoms with van der Waals surface area (Å²) < 4.78 is 0. The molecule has 1 N–H and O–H groups in total. The summed E-state index contributed by atoms with van der Waals surface area (Å²) >= 11 is 0. The summed E-state index contributed by atoms with van der Waals surface area (Å²) in [5.41, 5.74) is 0.904. The van der Waals surface area contributed by atoms with E-state index in [1.54, 1.807) is 13.0 Å². The summed E-state index contributed by atoms with van der Waals surface area (Å²) in [7, 11) is 0. The second-order valence-electron chi connectivity index (χ2n) is 2.39. The fourth-order valence-electron chi connectivity index (χ4n) is 0.724. The molecule has 1 atom stereocenters. The molecule has 0 aromatic rings. The third-order valence-corrected chi connectivity index (χ3v) is 1.34. The third-order valence-electron chi connectivity index (χ3n) is 1.34. The van der Waals surface area contributed by atoms with E-state index in [-0.39, 0.29) is 0 Å². The van der Waals surface area contributed by atoms with Gasteiger partial charge in [-0.15, -0.1) is 0 Å². The second-order valence-corrected chi connectivity index (χ2v) is 2.39. The van der Waals surface area contributed by atoms with Crippen molar-refractivity contribution in [2.24, 2.45) is 0 Å². The first-order chi connectivity index (χ1) is 5.22. The summed E-state index contributed by atoms with van der Waals surface area (Å²) in [6.07, 6.45) is 8.02. The smallest absolute Gasteiger partial charge is 0.0761 e. The molecule has 1 heteroatoms. The maximum absolute atomic E-state index is 9.20. The van der Waals surface area contributed by atoms with Crippen LogP contribution in [-0.2, 0) is 0 Å². The highest BCUT2D eigenvalue weighted by molar-refractivity contribution is 5.25. The highest BCUT2D eigenvalue weighted by Crippen LogP contribution is 2.04. The Morgan fingerprint density at radius 1 is 1.64 bits per heavy atom. The molecule has 0 radical (unpaired) electrons. The normalized spacial score (nSPS) is 15.4. The number of allylic oxidation sites excluding steroid dienone is 3. The van der Waals surface area contributed by atoms with Crippen molar-refractivity contribution < 1.29 is 5.11 Å². The van der Waals surface area contributed by atoms with Gasteiger partial charge in [-0.05, 0) is 18.9 Å². The van der Waals surface area contributed by atoms with Crippen molar-refractivity contribution in [2.75, 3.05) is 0 Å². The maximum Gasteiger partial charge on any atom is 0.0761 e. The van der Waals surface area contributed by atoms with Crippen molar-refractivity contribution in [3.05, 3.63) is 36.5 Å². The van der Waals surface area contributed by atoms with Gasteiger partial charge in [0.05, 0.1) is 6.10 Å². The molecular weight excluding hydrogens is 136 g/mol. The minimum atomic E-state index is -0.407. The molecule has 0 saturated carbocycles. The topological polar surface area (TPSA) is 20.2 Å². The van der Waals surface area contributed by atoms with E-state index < -0.39 is 6.10 Å². The molecular formula is C10H16O. The van der Waals surface area contributed by atoms with Gasteiger partial charge >= 0.3 is 0 Å². The summed E-state index contributed by atoms with van der Waals surface area (Å²) in [5.74, 6) is 0. The fraction of sp³-hybridized carbons (Fsp3) is 0.400. The van der Waals surface area contributed by atoms with Crippen LogP contribution in [-0.4, -0.2) is 11.2 Å². The Morgan fingerprint density at radius 2 is 2.27 bits per heavy atom.